The molecule has 0 aliphatic heterocycles. The van der Waals surface area contributed by atoms with Crippen LogP contribution in [0, 0.1) is 0 Å². The van der Waals surface area contributed by atoms with Crippen molar-refractivity contribution in [2.75, 3.05) is 17.7 Å². The van der Waals surface area contributed by atoms with Gasteiger partial charge in [0, 0.05) is 10.7 Å². The molecule has 0 fully saturated rings. The van der Waals surface area contributed by atoms with Gasteiger partial charge < -0.3 is 15.4 Å². The number of ether oxygens (including phenoxy) is 1. The molecular formula is C19H21ClN2O3. The number of hydrogen-bond acceptors (Lipinski definition) is 3. The van der Waals surface area contributed by atoms with E-state index >= 15 is 0 Å². The fourth-order valence-corrected chi connectivity index (χ4v) is 2.45. The molecule has 0 aliphatic carbocycles. The lowest BCUT2D eigenvalue weighted by molar-refractivity contribution is -0.123. The molecule has 0 spiro atoms. The zero-order chi connectivity index (χ0) is 18.4. The van der Waals surface area contributed by atoms with Crippen molar-refractivity contribution in [3.63, 3.8) is 0 Å². The molecule has 2 aromatic carbocycles. The molecule has 2 rings (SSSR count). The highest BCUT2D eigenvalue weighted by molar-refractivity contribution is 6.31. The molecular weight excluding hydrogens is 340 g/mol. The van der Waals surface area contributed by atoms with Gasteiger partial charge in [-0.3, -0.25) is 9.59 Å². The van der Waals surface area contributed by atoms with Gasteiger partial charge in [0.25, 0.3) is 0 Å². The van der Waals surface area contributed by atoms with Crippen molar-refractivity contribution < 1.29 is 14.3 Å². The number of benzene rings is 2. The lowest BCUT2D eigenvalue weighted by Gasteiger charge is -2.11. The van der Waals surface area contributed by atoms with Crippen LogP contribution in [0.2, 0.25) is 5.02 Å². The summed E-state index contributed by atoms with van der Waals surface area (Å²) in [6.07, 6.45) is -0.304. The SMILES string of the molecule is COc1ccc(Cl)cc1NC(=O)CC(=O)Nc1ccc(C(C)C)cc1. The predicted molar refractivity (Wildman–Crippen MR) is 100 cm³/mol. The van der Waals surface area contributed by atoms with Gasteiger partial charge in [0.1, 0.15) is 12.2 Å². The molecule has 0 radical (unpaired) electrons. The van der Waals surface area contributed by atoms with Crippen LogP contribution < -0.4 is 15.4 Å². The summed E-state index contributed by atoms with van der Waals surface area (Å²) in [5.74, 6) is 0.0540. The van der Waals surface area contributed by atoms with E-state index in [1.807, 2.05) is 24.3 Å². The summed E-state index contributed by atoms with van der Waals surface area (Å²) in [5.41, 5.74) is 2.26. The number of methoxy groups -OCH3 is 1. The number of amides is 2. The lowest BCUT2D eigenvalue weighted by Crippen LogP contribution is -2.21. The third kappa shape index (κ3) is 5.50. The molecule has 0 unspecified atom stereocenters. The van der Waals surface area contributed by atoms with E-state index in [0.29, 0.717) is 28.1 Å². The average molecular weight is 361 g/mol. The van der Waals surface area contributed by atoms with E-state index in [1.54, 1.807) is 18.2 Å². The third-order valence-electron chi connectivity index (χ3n) is 3.62. The molecule has 6 heteroatoms. The van der Waals surface area contributed by atoms with Crippen LogP contribution in [-0.2, 0) is 9.59 Å². The summed E-state index contributed by atoms with van der Waals surface area (Å²) in [6, 6.07) is 12.4. The average Bonchev–Trinajstić information content (AvgIpc) is 2.55. The van der Waals surface area contributed by atoms with Gasteiger partial charge in [-0.15, -0.1) is 0 Å². The Hall–Kier alpha value is -2.53. The van der Waals surface area contributed by atoms with Crippen LogP contribution >= 0.6 is 11.6 Å². The Bertz CT molecular complexity index is 758. The van der Waals surface area contributed by atoms with Crippen LogP contribution in [-0.4, -0.2) is 18.9 Å². The first-order valence-electron chi connectivity index (χ1n) is 7.92. The quantitative estimate of drug-likeness (QED) is 0.748. The molecule has 25 heavy (non-hydrogen) atoms. The summed E-state index contributed by atoms with van der Waals surface area (Å²) in [7, 11) is 1.49. The summed E-state index contributed by atoms with van der Waals surface area (Å²) in [6.45, 7) is 4.20. The topological polar surface area (TPSA) is 67.4 Å². The van der Waals surface area contributed by atoms with E-state index in [2.05, 4.69) is 24.5 Å². The van der Waals surface area contributed by atoms with Crippen molar-refractivity contribution in [1.82, 2.24) is 0 Å². The number of rotatable bonds is 6. The second kappa shape index (κ2) is 8.53. The number of carbonyl (C=O) groups excluding carboxylic acids is 2. The van der Waals surface area contributed by atoms with Gasteiger partial charge in [-0.1, -0.05) is 37.6 Å². The third-order valence-corrected chi connectivity index (χ3v) is 3.85. The van der Waals surface area contributed by atoms with Crippen molar-refractivity contribution in [3.05, 3.63) is 53.1 Å². The normalized spacial score (nSPS) is 10.4. The van der Waals surface area contributed by atoms with Crippen molar-refractivity contribution in [2.24, 2.45) is 0 Å². The maximum atomic E-state index is 12.1. The second-order valence-electron chi connectivity index (χ2n) is 5.89. The molecule has 132 valence electrons. The van der Waals surface area contributed by atoms with Gasteiger partial charge >= 0.3 is 0 Å². The first-order chi connectivity index (χ1) is 11.9. The zero-order valence-electron chi connectivity index (χ0n) is 14.4. The monoisotopic (exact) mass is 360 g/mol. The Morgan fingerprint density at radius 1 is 1.04 bits per heavy atom. The molecule has 2 amide bonds. The van der Waals surface area contributed by atoms with Crippen LogP contribution in [0.4, 0.5) is 11.4 Å². The highest BCUT2D eigenvalue weighted by Gasteiger charge is 2.13. The van der Waals surface area contributed by atoms with E-state index in [-0.39, 0.29) is 6.42 Å². The fraction of sp³-hybridized carbons (Fsp3) is 0.263. The van der Waals surface area contributed by atoms with Crippen molar-refractivity contribution in [1.29, 1.82) is 0 Å². The maximum absolute atomic E-state index is 12.1. The Kier molecular flexibility index (Phi) is 6.42. The first kappa shape index (κ1) is 18.8. The molecule has 0 bridgehead atoms. The number of halogens is 1. The molecule has 0 aliphatic rings. The Morgan fingerprint density at radius 3 is 2.28 bits per heavy atom. The molecule has 5 nitrogen and oxygen atoms in total. The van der Waals surface area contributed by atoms with E-state index in [0.717, 1.165) is 0 Å². The standard InChI is InChI=1S/C19H21ClN2O3/c1-12(2)13-4-7-15(8-5-13)21-18(23)11-19(24)22-16-10-14(20)6-9-17(16)25-3/h4-10,12H,11H2,1-3H3,(H,21,23)(H,22,24). The van der Waals surface area contributed by atoms with Crippen molar-refractivity contribution in [3.8, 4) is 5.75 Å². The van der Waals surface area contributed by atoms with Gasteiger partial charge in [-0.05, 0) is 41.8 Å². The summed E-state index contributed by atoms with van der Waals surface area (Å²) < 4.78 is 5.16. The van der Waals surface area contributed by atoms with Crippen LogP contribution in [0.1, 0.15) is 31.7 Å². The zero-order valence-corrected chi connectivity index (χ0v) is 15.2. The fourth-order valence-electron chi connectivity index (χ4n) is 2.27. The minimum atomic E-state index is -0.447. The second-order valence-corrected chi connectivity index (χ2v) is 6.33. The molecule has 0 saturated carbocycles. The van der Waals surface area contributed by atoms with Crippen LogP contribution in [0.25, 0.3) is 0 Å². The molecule has 0 atom stereocenters. The summed E-state index contributed by atoms with van der Waals surface area (Å²) in [5, 5.41) is 5.81. The Morgan fingerprint density at radius 2 is 1.68 bits per heavy atom. The molecule has 2 aromatic rings. The van der Waals surface area contributed by atoms with Crippen LogP contribution in [0.3, 0.4) is 0 Å². The summed E-state index contributed by atoms with van der Waals surface area (Å²) in [4.78, 5) is 24.1. The molecule has 0 heterocycles. The number of hydrogen-bond donors (Lipinski definition) is 2. The van der Waals surface area contributed by atoms with E-state index in [1.165, 1.54) is 12.7 Å². The van der Waals surface area contributed by atoms with Gasteiger partial charge in [0.05, 0.1) is 12.8 Å². The Labute approximate surface area is 152 Å². The van der Waals surface area contributed by atoms with Crippen LogP contribution in [0.15, 0.2) is 42.5 Å². The summed E-state index contributed by atoms with van der Waals surface area (Å²) >= 11 is 5.92. The van der Waals surface area contributed by atoms with E-state index in [4.69, 9.17) is 16.3 Å². The number of nitrogens with one attached hydrogen (secondary N) is 2. The van der Waals surface area contributed by atoms with Gasteiger partial charge in [0.15, 0.2) is 0 Å². The number of anilines is 2. The highest BCUT2D eigenvalue weighted by Crippen LogP contribution is 2.27. The predicted octanol–water partition coefficient (Wildman–Crippen LogP) is 4.44. The largest absolute Gasteiger partial charge is 0.495 e. The van der Waals surface area contributed by atoms with E-state index < -0.39 is 11.8 Å². The first-order valence-corrected chi connectivity index (χ1v) is 8.30. The van der Waals surface area contributed by atoms with Gasteiger partial charge in [-0.25, -0.2) is 0 Å². The van der Waals surface area contributed by atoms with Crippen LogP contribution in [0.5, 0.6) is 5.75 Å². The molecule has 0 saturated heterocycles. The minimum absolute atomic E-state index is 0.304. The lowest BCUT2D eigenvalue weighted by atomic mass is 10.0. The smallest absolute Gasteiger partial charge is 0.233 e. The number of carbonyl (C=O) groups is 2. The molecule has 0 aromatic heterocycles. The van der Waals surface area contributed by atoms with Crippen molar-refractivity contribution in [2.45, 2.75) is 26.2 Å². The maximum Gasteiger partial charge on any atom is 0.233 e. The Balaban J connectivity index is 1.94. The van der Waals surface area contributed by atoms with E-state index in [9.17, 15) is 9.59 Å². The van der Waals surface area contributed by atoms with Crippen molar-refractivity contribution >= 4 is 34.8 Å². The molecule has 2 N–H and O–H groups in total. The highest BCUT2D eigenvalue weighted by atomic mass is 35.5. The van der Waals surface area contributed by atoms with Gasteiger partial charge in [0.2, 0.25) is 11.8 Å². The van der Waals surface area contributed by atoms with Gasteiger partial charge in [-0.2, -0.15) is 0 Å². The minimum Gasteiger partial charge on any atom is -0.495 e.